The third-order valence-electron chi connectivity index (χ3n) is 4.52. The fourth-order valence-electron chi connectivity index (χ4n) is 3.63. The molecule has 0 radical (unpaired) electrons. The zero-order valence-electron chi connectivity index (χ0n) is 12.8. The third-order valence-corrected chi connectivity index (χ3v) is 4.52. The minimum absolute atomic E-state index is 0.0793. The largest absolute Gasteiger partial charge is 0.323 e. The van der Waals surface area contributed by atoms with E-state index in [-0.39, 0.29) is 12.2 Å². The van der Waals surface area contributed by atoms with Gasteiger partial charge in [-0.05, 0) is 31.6 Å². The molecule has 0 aromatic rings. The van der Waals surface area contributed by atoms with Gasteiger partial charge in [0.1, 0.15) is 0 Å². The lowest BCUT2D eigenvalue weighted by Crippen LogP contribution is -2.46. The van der Waals surface area contributed by atoms with Gasteiger partial charge in [0.2, 0.25) is 5.91 Å². The molecule has 1 aliphatic heterocycles. The molecule has 1 saturated heterocycles. The first kappa shape index (κ1) is 14.8. The monoisotopic (exact) mass is 266 g/mol. The second kappa shape index (κ2) is 6.74. The lowest BCUT2D eigenvalue weighted by Gasteiger charge is -2.35. The van der Waals surface area contributed by atoms with Crippen LogP contribution in [0, 0.1) is 5.92 Å². The molecule has 19 heavy (non-hydrogen) atoms. The molecule has 0 spiro atoms. The summed E-state index contributed by atoms with van der Waals surface area (Å²) >= 11 is 0. The van der Waals surface area contributed by atoms with Crippen LogP contribution in [0.4, 0.5) is 0 Å². The van der Waals surface area contributed by atoms with Gasteiger partial charge in [-0.15, -0.1) is 0 Å². The van der Waals surface area contributed by atoms with E-state index in [4.69, 9.17) is 0 Å². The van der Waals surface area contributed by atoms with Crippen molar-refractivity contribution in [3.8, 4) is 0 Å². The van der Waals surface area contributed by atoms with Gasteiger partial charge in [-0.25, -0.2) is 0 Å². The summed E-state index contributed by atoms with van der Waals surface area (Å²) in [7, 11) is 0. The van der Waals surface area contributed by atoms with Crippen molar-refractivity contribution >= 4 is 5.91 Å². The molecule has 0 aromatic carbocycles. The van der Waals surface area contributed by atoms with Crippen LogP contribution in [0.5, 0.6) is 0 Å². The molecule has 1 heterocycles. The van der Waals surface area contributed by atoms with Crippen molar-refractivity contribution in [3.63, 3.8) is 0 Å². The highest BCUT2D eigenvalue weighted by Gasteiger charge is 2.41. The first-order valence-electron chi connectivity index (χ1n) is 8.21. The number of nitrogens with one attached hydrogen (secondary N) is 1. The molecule has 3 heteroatoms. The number of hydrogen-bond donors (Lipinski definition) is 1. The first-order valence-corrected chi connectivity index (χ1v) is 8.21. The fourth-order valence-corrected chi connectivity index (χ4v) is 3.63. The fraction of sp³-hybridized carbons (Fsp3) is 0.938. The topological polar surface area (TPSA) is 32.3 Å². The number of nitrogens with zero attached hydrogens (tertiary/aromatic N) is 1. The van der Waals surface area contributed by atoms with Crippen LogP contribution in [0.3, 0.4) is 0 Å². The van der Waals surface area contributed by atoms with Gasteiger partial charge in [-0.3, -0.25) is 10.1 Å². The van der Waals surface area contributed by atoms with E-state index in [2.05, 4.69) is 31.0 Å². The quantitative estimate of drug-likeness (QED) is 0.828. The van der Waals surface area contributed by atoms with Gasteiger partial charge < -0.3 is 4.90 Å². The zero-order valence-corrected chi connectivity index (χ0v) is 12.8. The molecule has 1 N–H and O–H groups in total. The lowest BCUT2D eigenvalue weighted by molar-refractivity contribution is -0.133. The summed E-state index contributed by atoms with van der Waals surface area (Å²) in [4.78, 5) is 14.9. The lowest BCUT2D eigenvalue weighted by atomic mass is 9.93. The Bertz CT molecular complexity index is 297. The van der Waals surface area contributed by atoms with E-state index in [1.54, 1.807) is 0 Å². The van der Waals surface area contributed by atoms with E-state index in [0.29, 0.717) is 17.9 Å². The molecule has 1 saturated carbocycles. The standard InChI is InChI=1S/C16H30N2O/c1-4-8-14-16(19)18(13-9-6-5-7-10-13)15(17-14)11-12(2)3/h12-15,17H,4-11H2,1-3H3. The second-order valence-electron chi connectivity index (χ2n) is 6.69. The molecule has 1 amide bonds. The molecule has 2 unspecified atom stereocenters. The van der Waals surface area contributed by atoms with Crippen molar-refractivity contribution in [2.45, 2.75) is 90.4 Å². The molecule has 2 rings (SSSR count). The second-order valence-corrected chi connectivity index (χ2v) is 6.69. The van der Waals surface area contributed by atoms with Crippen LogP contribution < -0.4 is 5.32 Å². The Labute approximate surface area is 118 Å². The maximum Gasteiger partial charge on any atom is 0.241 e. The SMILES string of the molecule is CCCC1NC(CC(C)C)N(C2CCCCC2)C1=O. The molecule has 3 nitrogen and oxygen atoms in total. The van der Waals surface area contributed by atoms with Crippen molar-refractivity contribution < 1.29 is 4.79 Å². The first-order chi connectivity index (χ1) is 9.13. The average molecular weight is 266 g/mol. The number of amides is 1. The van der Waals surface area contributed by atoms with Crippen molar-refractivity contribution in [1.29, 1.82) is 0 Å². The van der Waals surface area contributed by atoms with E-state index >= 15 is 0 Å². The summed E-state index contributed by atoms with van der Waals surface area (Å²) in [5, 5.41) is 3.60. The van der Waals surface area contributed by atoms with Crippen LogP contribution in [0.2, 0.25) is 0 Å². The summed E-state index contributed by atoms with van der Waals surface area (Å²) in [6.07, 6.45) is 9.78. The molecule has 1 aliphatic carbocycles. The number of hydrogen-bond acceptors (Lipinski definition) is 2. The molecular formula is C16H30N2O. The molecule has 0 aromatic heterocycles. The van der Waals surface area contributed by atoms with Crippen LogP contribution in [-0.4, -0.2) is 29.1 Å². The Balaban J connectivity index is 2.07. The number of carbonyl (C=O) groups excluding carboxylic acids is 1. The maximum atomic E-state index is 12.7. The van der Waals surface area contributed by atoms with E-state index in [1.807, 2.05) is 0 Å². The normalized spacial score (nSPS) is 29.5. The average Bonchev–Trinajstić information content (AvgIpc) is 2.67. The number of carbonyl (C=O) groups is 1. The molecule has 2 aliphatic rings. The Morgan fingerprint density at radius 3 is 2.53 bits per heavy atom. The van der Waals surface area contributed by atoms with Gasteiger partial charge in [0.05, 0.1) is 12.2 Å². The smallest absolute Gasteiger partial charge is 0.241 e. The van der Waals surface area contributed by atoms with Crippen LogP contribution in [0.1, 0.15) is 72.1 Å². The van der Waals surface area contributed by atoms with Crippen LogP contribution in [0.25, 0.3) is 0 Å². The van der Waals surface area contributed by atoms with E-state index in [9.17, 15) is 4.79 Å². The van der Waals surface area contributed by atoms with E-state index < -0.39 is 0 Å². The van der Waals surface area contributed by atoms with Gasteiger partial charge in [0.25, 0.3) is 0 Å². The summed E-state index contributed by atoms with van der Waals surface area (Å²) in [6.45, 7) is 6.66. The third kappa shape index (κ3) is 3.50. The van der Waals surface area contributed by atoms with Crippen molar-refractivity contribution in [2.24, 2.45) is 5.92 Å². The van der Waals surface area contributed by atoms with Gasteiger partial charge in [0, 0.05) is 6.04 Å². The highest BCUT2D eigenvalue weighted by atomic mass is 16.2. The molecule has 0 bridgehead atoms. The Hall–Kier alpha value is -0.570. The molecule has 110 valence electrons. The summed E-state index contributed by atoms with van der Waals surface area (Å²) < 4.78 is 0. The van der Waals surface area contributed by atoms with Crippen molar-refractivity contribution in [2.75, 3.05) is 0 Å². The van der Waals surface area contributed by atoms with Crippen molar-refractivity contribution in [1.82, 2.24) is 10.2 Å². The highest BCUT2D eigenvalue weighted by Crippen LogP contribution is 2.29. The van der Waals surface area contributed by atoms with Gasteiger partial charge >= 0.3 is 0 Å². The predicted octanol–water partition coefficient (Wildman–Crippen LogP) is 3.29. The minimum Gasteiger partial charge on any atom is -0.323 e. The van der Waals surface area contributed by atoms with Crippen molar-refractivity contribution in [3.05, 3.63) is 0 Å². The Morgan fingerprint density at radius 1 is 1.26 bits per heavy atom. The van der Waals surface area contributed by atoms with Crippen LogP contribution >= 0.6 is 0 Å². The predicted molar refractivity (Wildman–Crippen MR) is 78.8 cm³/mol. The molecule has 2 fully saturated rings. The van der Waals surface area contributed by atoms with Gasteiger partial charge in [-0.2, -0.15) is 0 Å². The van der Waals surface area contributed by atoms with Crippen LogP contribution in [-0.2, 0) is 4.79 Å². The Morgan fingerprint density at radius 2 is 1.95 bits per heavy atom. The minimum atomic E-state index is 0.0793. The summed E-state index contributed by atoms with van der Waals surface area (Å²) in [5.41, 5.74) is 0. The number of rotatable bonds is 5. The summed E-state index contributed by atoms with van der Waals surface area (Å²) in [6, 6.07) is 0.579. The van der Waals surface area contributed by atoms with Crippen LogP contribution in [0.15, 0.2) is 0 Å². The zero-order chi connectivity index (χ0) is 13.8. The highest BCUT2D eigenvalue weighted by molar-refractivity contribution is 5.84. The molecule has 2 atom stereocenters. The molecular weight excluding hydrogens is 236 g/mol. The van der Waals surface area contributed by atoms with Gasteiger partial charge in [0.15, 0.2) is 0 Å². The van der Waals surface area contributed by atoms with E-state index in [0.717, 1.165) is 19.3 Å². The summed E-state index contributed by atoms with van der Waals surface area (Å²) in [5.74, 6) is 1.01. The van der Waals surface area contributed by atoms with E-state index in [1.165, 1.54) is 32.1 Å². The van der Waals surface area contributed by atoms with Gasteiger partial charge in [-0.1, -0.05) is 46.5 Å². The maximum absolute atomic E-state index is 12.7. The Kier molecular flexibility index (Phi) is 5.26.